The van der Waals surface area contributed by atoms with Crippen LogP contribution < -0.4 is 14.4 Å². The first-order chi connectivity index (χ1) is 20.0. The van der Waals surface area contributed by atoms with E-state index in [-0.39, 0.29) is 40.4 Å². The fraction of sp³-hybridized carbons (Fsp3) is 0.588. The number of carbonyl (C=O) groups is 1. The molecule has 8 heteroatoms. The van der Waals surface area contributed by atoms with Gasteiger partial charge in [-0.05, 0) is 123 Å². The highest BCUT2D eigenvalue weighted by molar-refractivity contribution is 7.99. The van der Waals surface area contributed by atoms with E-state index in [1.807, 2.05) is 25.1 Å². The smallest absolute Gasteiger partial charge is 0.262 e. The number of ether oxygens (including phenoxy) is 1. The molecule has 2 aromatic rings. The molecule has 228 valence electrons. The van der Waals surface area contributed by atoms with Crippen molar-refractivity contribution in [2.75, 3.05) is 24.6 Å². The van der Waals surface area contributed by atoms with Gasteiger partial charge in [-0.25, -0.2) is 4.21 Å². The normalized spacial score (nSPS) is 37.0. The van der Waals surface area contributed by atoms with E-state index < -0.39 is 9.71 Å². The van der Waals surface area contributed by atoms with Crippen LogP contribution in [0.15, 0.2) is 36.4 Å². The van der Waals surface area contributed by atoms with Crippen molar-refractivity contribution in [1.29, 1.82) is 0 Å². The van der Waals surface area contributed by atoms with Crippen LogP contribution in [-0.2, 0) is 21.5 Å². The highest BCUT2D eigenvalue weighted by atomic mass is 35.5. The maximum Gasteiger partial charge on any atom is 0.262 e. The summed E-state index contributed by atoms with van der Waals surface area (Å²) in [6.07, 6.45) is 6.41. The van der Waals surface area contributed by atoms with Crippen molar-refractivity contribution in [2.24, 2.45) is 23.7 Å². The number of nitrogens with one attached hydrogen (secondary N) is 1. The molecule has 2 bridgehead atoms. The number of aliphatic hydroxyl groups excluding tert-OH is 1. The molecule has 2 heterocycles. The zero-order valence-corrected chi connectivity index (χ0v) is 26.7. The number of aryl methyl sites for hydroxylation is 1. The summed E-state index contributed by atoms with van der Waals surface area (Å²) >= 11 is 6.41. The number of anilines is 1. The summed E-state index contributed by atoms with van der Waals surface area (Å²) in [7, 11) is -2.91. The average molecular weight is 613 g/mol. The van der Waals surface area contributed by atoms with Crippen LogP contribution in [0.3, 0.4) is 0 Å². The van der Waals surface area contributed by atoms with Crippen LogP contribution in [-0.4, -0.2) is 52.1 Å². The molecule has 1 fully saturated rings. The molecule has 4 aliphatic rings. The summed E-state index contributed by atoms with van der Waals surface area (Å²) in [4.78, 5) is 16.0. The Kier molecular flexibility index (Phi) is 8.07. The van der Waals surface area contributed by atoms with E-state index in [1.54, 1.807) is 6.07 Å². The van der Waals surface area contributed by atoms with Crippen molar-refractivity contribution in [3.63, 3.8) is 0 Å². The molecule has 0 aromatic heterocycles. The number of hydrogen-bond donors (Lipinski definition) is 2. The lowest BCUT2D eigenvalue weighted by atomic mass is 9.68. The minimum absolute atomic E-state index is 0.0768. The first-order valence-electron chi connectivity index (χ1n) is 15.6. The molecular weight excluding hydrogens is 568 g/mol. The van der Waals surface area contributed by atoms with Crippen molar-refractivity contribution in [1.82, 2.24) is 4.72 Å². The van der Waals surface area contributed by atoms with Crippen LogP contribution in [0.1, 0.15) is 80.8 Å². The highest BCUT2D eigenvalue weighted by Gasteiger charge is 2.44. The zero-order chi connectivity index (χ0) is 29.8. The topological polar surface area (TPSA) is 78.9 Å². The lowest BCUT2D eigenvalue weighted by Gasteiger charge is -2.46. The molecule has 1 saturated carbocycles. The Bertz CT molecular complexity index is 1460. The third kappa shape index (κ3) is 5.46. The van der Waals surface area contributed by atoms with Crippen molar-refractivity contribution < 1.29 is 18.8 Å². The van der Waals surface area contributed by atoms with E-state index >= 15 is 0 Å². The lowest BCUT2D eigenvalue weighted by molar-refractivity contribution is 0.00601. The second-order valence-electron chi connectivity index (χ2n) is 13.6. The van der Waals surface area contributed by atoms with Gasteiger partial charge in [0.2, 0.25) is 0 Å². The summed E-state index contributed by atoms with van der Waals surface area (Å²) in [5, 5.41) is 11.8. The van der Waals surface area contributed by atoms with Crippen LogP contribution in [0.5, 0.6) is 5.75 Å². The molecular formula is C34H45ClN2O4S. The Balaban J connectivity index is 1.41. The summed E-state index contributed by atoms with van der Waals surface area (Å²) in [5.41, 5.74) is 3.72. The first-order valence-corrected chi connectivity index (χ1v) is 17.8. The number of nitrogens with zero attached hydrogens (tertiary/aromatic N) is 1. The summed E-state index contributed by atoms with van der Waals surface area (Å²) in [6.45, 7) is 8.26. The number of hydrogen-bond acceptors (Lipinski definition) is 5. The Morgan fingerprint density at radius 3 is 2.69 bits per heavy atom. The van der Waals surface area contributed by atoms with Gasteiger partial charge in [0, 0.05) is 34.3 Å². The molecule has 0 radical (unpaired) electrons. The Morgan fingerprint density at radius 2 is 1.93 bits per heavy atom. The maximum absolute atomic E-state index is 13.7. The van der Waals surface area contributed by atoms with Crippen LogP contribution >= 0.6 is 11.6 Å². The van der Waals surface area contributed by atoms with E-state index in [9.17, 15) is 14.1 Å². The van der Waals surface area contributed by atoms with Gasteiger partial charge in [-0.2, -0.15) is 0 Å². The van der Waals surface area contributed by atoms with E-state index in [2.05, 4.69) is 41.5 Å². The van der Waals surface area contributed by atoms with Gasteiger partial charge in [0.1, 0.15) is 5.75 Å². The van der Waals surface area contributed by atoms with E-state index in [0.717, 1.165) is 74.5 Å². The molecule has 0 saturated heterocycles. The maximum atomic E-state index is 13.7. The summed E-state index contributed by atoms with van der Waals surface area (Å²) < 4.78 is 23.1. The predicted molar refractivity (Wildman–Crippen MR) is 172 cm³/mol. The fourth-order valence-electron chi connectivity index (χ4n) is 7.90. The lowest BCUT2D eigenvalue weighted by Crippen LogP contribution is -2.49. The summed E-state index contributed by atoms with van der Waals surface area (Å²) in [6, 6.07) is 11.8. The number of fused-ring (bicyclic) bond motifs is 4. The molecule has 6 rings (SSSR count). The van der Waals surface area contributed by atoms with Gasteiger partial charge in [-0.3, -0.25) is 9.52 Å². The molecule has 1 amide bonds. The molecule has 2 aliphatic carbocycles. The second kappa shape index (κ2) is 11.4. The van der Waals surface area contributed by atoms with E-state index in [1.165, 1.54) is 11.1 Å². The van der Waals surface area contributed by atoms with Gasteiger partial charge < -0.3 is 14.7 Å². The predicted octanol–water partition coefficient (Wildman–Crippen LogP) is 6.02. The Morgan fingerprint density at radius 1 is 1.12 bits per heavy atom. The third-order valence-electron chi connectivity index (χ3n) is 11.1. The number of halogens is 1. The summed E-state index contributed by atoms with van der Waals surface area (Å²) in [5.74, 6) is 5.32. The number of amides is 1. The van der Waals surface area contributed by atoms with Crippen LogP contribution in [0, 0.1) is 23.7 Å². The SMILES string of the molecule is C=S1(=O)NC(=O)c2ccc3c(c2)N(C[C@@H]2CC[C@H]2[C@@H](O)CC[C@@H](C)[C@H](C)[C@H]1C)C[C@@]1(CCCc2cc(Cl)ccc21)CO3. The molecule has 6 nitrogen and oxygen atoms in total. The number of aliphatic hydroxyl groups is 1. The second-order valence-corrected chi connectivity index (χ2v) is 16.5. The molecule has 1 spiro atoms. The molecule has 8 atom stereocenters. The van der Waals surface area contributed by atoms with Gasteiger partial charge in [-0.15, -0.1) is 0 Å². The molecule has 2 aromatic carbocycles. The monoisotopic (exact) mass is 612 g/mol. The largest absolute Gasteiger partial charge is 0.490 e. The van der Waals surface area contributed by atoms with E-state index in [4.69, 9.17) is 16.3 Å². The molecule has 2 aliphatic heterocycles. The zero-order valence-electron chi connectivity index (χ0n) is 25.1. The first kappa shape index (κ1) is 29.8. The van der Waals surface area contributed by atoms with Crippen molar-refractivity contribution in [3.8, 4) is 5.75 Å². The fourth-order valence-corrected chi connectivity index (χ4v) is 9.67. The van der Waals surface area contributed by atoms with Crippen LogP contribution in [0.4, 0.5) is 5.69 Å². The van der Waals surface area contributed by atoms with Crippen LogP contribution in [0.25, 0.3) is 0 Å². The van der Waals surface area contributed by atoms with Gasteiger partial charge in [0.25, 0.3) is 5.91 Å². The van der Waals surface area contributed by atoms with E-state index in [0.29, 0.717) is 18.1 Å². The van der Waals surface area contributed by atoms with Crippen molar-refractivity contribution in [3.05, 3.63) is 58.1 Å². The van der Waals surface area contributed by atoms with Crippen LogP contribution in [0.2, 0.25) is 5.02 Å². The standard InChI is InChI=1S/C34H45ClN2O4S/c1-21-7-13-31(38)28-11-8-26(28)18-37-19-34(15-5-6-24-16-27(35)10-12-29(24)34)20-41-32-14-9-25(17-30(32)37)33(39)36-42(4,40)23(3)22(21)2/h9-10,12,14,16-17,21-23,26,28,31,38H,4-8,11,13,15,18-20H2,1-3H3,(H,36,39,40)/t21-,22+,23-,26+,28-,31+,34+,42?/m1/s1. The quantitative estimate of drug-likeness (QED) is 0.356. The van der Waals surface area contributed by atoms with Gasteiger partial charge in [0.15, 0.2) is 0 Å². The minimum Gasteiger partial charge on any atom is -0.490 e. The van der Waals surface area contributed by atoms with Gasteiger partial charge in [-0.1, -0.05) is 31.5 Å². The number of rotatable bonds is 0. The molecule has 42 heavy (non-hydrogen) atoms. The number of carbonyl (C=O) groups excluding carboxylic acids is 1. The van der Waals surface area contributed by atoms with Gasteiger partial charge in [0.05, 0.1) is 28.1 Å². The Hall–Kier alpha value is -2.22. The highest BCUT2D eigenvalue weighted by Crippen LogP contribution is 2.47. The third-order valence-corrected chi connectivity index (χ3v) is 13.5. The number of benzene rings is 2. The minimum atomic E-state index is -2.91. The Labute approximate surface area is 256 Å². The van der Waals surface area contributed by atoms with Crippen molar-refractivity contribution >= 4 is 38.8 Å². The molecule has 2 N–H and O–H groups in total. The van der Waals surface area contributed by atoms with Gasteiger partial charge >= 0.3 is 0 Å². The van der Waals surface area contributed by atoms with Crippen molar-refractivity contribution in [2.45, 2.75) is 82.5 Å². The average Bonchev–Trinajstić information content (AvgIpc) is 3.09. The molecule has 1 unspecified atom stereocenters.